The van der Waals surface area contributed by atoms with E-state index in [1.165, 1.54) is 0 Å². The van der Waals surface area contributed by atoms with E-state index in [-0.39, 0.29) is 23.5 Å². The van der Waals surface area contributed by atoms with E-state index in [2.05, 4.69) is 15.9 Å². The molecule has 0 saturated carbocycles. The van der Waals surface area contributed by atoms with Crippen molar-refractivity contribution in [1.29, 1.82) is 0 Å². The Hall–Kier alpha value is -2.00. The topological polar surface area (TPSA) is 76.2 Å². The molecule has 2 fully saturated rings. The van der Waals surface area contributed by atoms with Crippen LogP contribution in [0.1, 0.15) is 52.0 Å². The van der Waals surface area contributed by atoms with Crippen LogP contribution in [-0.4, -0.2) is 59.2 Å². The van der Waals surface area contributed by atoms with Crippen molar-refractivity contribution in [2.45, 2.75) is 52.6 Å². The summed E-state index contributed by atoms with van der Waals surface area (Å²) in [5, 5.41) is -0.423. The quantitative estimate of drug-likeness (QED) is 0.463. The summed E-state index contributed by atoms with van der Waals surface area (Å²) >= 11 is 4.36. The fraction of sp³-hybridized carbons (Fsp3) is 0.522. The number of carbonyl (C=O) groups is 3. The first-order valence-electron chi connectivity index (χ1n) is 11.0. The zero-order chi connectivity index (χ0) is 23.3. The summed E-state index contributed by atoms with van der Waals surface area (Å²) in [6.45, 7) is 7.36. The summed E-state index contributed by atoms with van der Waals surface area (Å²) in [7, 11) is 0. The van der Waals surface area contributed by atoms with E-state index in [9.17, 15) is 14.4 Å². The molecular weight excluding hydrogens is 496 g/mol. The molecule has 174 valence electrons. The van der Waals surface area contributed by atoms with Gasteiger partial charge in [0.15, 0.2) is 11.5 Å². The van der Waals surface area contributed by atoms with Gasteiger partial charge in [-0.3, -0.25) is 19.3 Å². The lowest BCUT2D eigenvalue weighted by Gasteiger charge is -2.22. The van der Waals surface area contributed by atoms with Crippen LogP contribution in [0.25, 0.3) is 6.08 Å². The lowest BCUT2D eigenvalue weighted by molar-refractivity contribution is -0.135. The predicted octanol–water partition coefficient (Wildman–Crippen LogP) is 5.07. The van der Waals surface area contributed by atoms with Gasteiger partial charge in [0.1, 0.15) is 6.54 Å². The van der Waals surface area contributed by atoms with Crippen LogP contribution in [-0.2, 0) is 9.59 Å². The molecule has 2 aliphatic rings. The normalized spacial score (nSPS) is 18.5. The molecule has 0 N–H and O–H groups in total. The number of halogens is 1. The Morgan fingerprint density at radius 2 is 1.88 bits per heavy atom. The maximum Gasteiger partial charge on any atom is 0.294 e. The number of hydrogen-bond donors (Lipinski definition) is 0. The predicted molar refractivity (Wildman–Crippen MR) is 129 cm³/mol. The number of hydrogen-bond acceptors (Lipinski definition) is 6. The van der Waals surface area contributed by atoms with Gasteiger partial charge in [-0.2, -0.15) is 0 Å². The molecule has 2 saturated heterocycles. The van der Waals surface area contributed by atoms with Gasteiger partial charge >= 0.3 is 0 Å². The zero-order valence-corrected chi connectivity index (χ0v) is 21.1. The Morgan fingerprint density at radius 1 is 1.19 bits per heavy atom. The molecule has 32 heavy (non-hydrogen) atoms. The molecular formula is C23H29BrN2O5S. The molecule has 0 aromatic heterocycles. The number of ether oxygens (including phenoxy) is 2. The molecule has 0 atom stereocenters. The van der Waals surface area contributed by atoms with E-state index >= 15 is 0 Å². The van der Waals surface area contributed by atoms with Gasteiger partial charge in [-0.25, -0.2) is 0 Å². The van der Waals surface area contributed by atoms with Gasteiger partial charge in [0.05, 0.1) is 22.1 Å². The van der Waals surface area contributed by atoms with Gasteiger partial charge in [0.2, 0.25) is 5.91 Å². The van der Waals surface area contributed by atoms with E-state index in [4.69, 9.17) is 9.47 Å². The minimum Gasteiger partial charge on any atom is -0.490 e. The molecule has 0 aliphatic carbocycles. The van der Waals surface area contributed by atoms with Gasteiger partial charge in [-0.15, -0.1) is 0 Å². The van der Waals surface area contributed by atoms with E-state index in [0.29, 0.717) is 41.2 Å². The lowest BCUT2D eigenvalue weighted by Crippen LogP contribution is -2.42. The van der Waals surface area contributed by atoms with Crippen LogP contribution in [0, 0.1) is 0 Å². The molecule has 0 radical (unpaired) electrons. The number of nitrogens with zero attached hydrogens (tertiary/aromatic N) is 2. The van der Waals surface area contributed by atoms with Crippen molar-refractivity contribution in [3.63, 3.8) is 0 Å². The van der Waals surface area contributed by atoms with Gasteiger partial charge in [-0.1, -0.05) is 12.8 Å². The first-order valence-corrected chi connectivity index (χ1v) is 12.6. The van der Waals surface area contributed by atoms with Crippen molar-refractivity contribution < 1.29 is 23.9 Å². The second-order valence-corrected chi connectivity index (χ2v) is 9.84. The number of benzene rings is 1. The summed E-state index contributed by atoms with van der Waals surface area (Å²) in [4.78, 5) is 41.1. The third-order valence-corrected chi connectivity index (χ3v) is 6.61. The molecule has 9 heteroatoms. The Labute approximate surface area is 201 Å². The monoisotopic (exact) mass is 524 g/mol. The molecule has 3 amide bonds. The SMILES string of the molecule is CCOc1cc(C=C2SC(=O)N(CC(=O)N3CCCCCC3)C2=O)cc(Br)c1OC(C)C. The average Bonchev–Trinajstić information content (AvgIpc) is 2.93. The number of imide groups is 1. The van der Waals surface area contributed by atoms with Crippen LogP contribution in [0.5, 0.6) is 11.5 Å². The number of rotatable bonds is 7. The van der Waals surface area contributed by atoms with E-state index < -0.39 is 11.1 Å². The Bertz CT molecular complexity index is 910. The highest BCUT2D eigenvalue weighted by Gasteiger charge is 2.37. The first-order chi connectivity index (χ1) is 15.3. The smallest absolute Gasteiger partial charge is 0.294 e. The number of likely N-dealkylation sites (tertiary alicyclic amines) is 1. The summed E-state index contributed by atoms with van der Waals surface area (Å²) in [6, 6.07) is 3.60. The largest absolute Gasteiger partial charge is 0.490 e. The lowest BCUT2D eigenvalue weighted by atomic mass is 10.1. The highest BCUT2D eigenvalue weighted by molar-refractivity contribution is 9.10. The maximum absolute atomic E-state index is 12.9. The second-order valence-electron chi connectivity index (χ2n) is 7.99. The molecule has 2 aliphatic heterocycles. The fourth-order valence-corrected chi connectivity index (χ4v) is 5.02. The molecule has 0 bridgehead atoms. The Morgan fingerprint density at radius 3 is 2.50 bits per heavy atom. The van der Waals surface area contributed by atoms with Crippen LogP contribution in [0.2, 0.25) is 0 Å². The third kappa shape index (κ3) is 6.07. The highest BCUT2D eigenvalue weighted by atomic mass is 79.9. The standard InChI is InChI=1S/C23H29BrN2O5S/c1-4-30-18-12-16(11-17(24)21(18)31-15(2)3)13-19-22(28)26(23(29)32-19)14-20(27)25-9-7-5-6-8-10-25/h11-13,15H,4-10,14H2,1-3H3. The number of amides is 3. The van der Waals surface area contributed by atoms with Crippen LogP contribution >= 0.6 is 27.7 Å². The fourth-order valence-electron chi connectivity index (χ4n) is 3.63. The first kappa shape index (κ1) is 24.6. The van der Waals surface area contributed by atoms with Crippen LogP contribution in [0.3, 0.4) is 0 Å². The van der Waals surface area contributed by atoms with Crippen molar-refractivity contribution in [3.05, 3.63) is 27.1 Å². The minimum absolute atomic E-state index is 0.0328. The van der Waals surface area contributed by atoms with Gasteiger partial charge in [0.25, 0.3) is 11.1 Å². The second kappa shape index (κ2) is 11.2. The highest BCUT2D eigenvalue weighted by Crippen LogP contribution is 2.39. The van der Waals surface area contributed by atoms with Crippen LogP contribution in [0.4, 0.5) is 4.79 Å². The van der Waals surface area contributed by atoms with Gasteiger partial charge in [0, 0.05) is 13.1 Å². The van der Waals surface area contributed by atoms with Gasteiger partial charge < -0.3 is 14.4 Å². The van der Waals surface area contributed by atoms with Crippen LogP contribution < -0.4 is 9.47 Å². The van der Waals surface area contributed by atoms with Gasteiger partial charge in [-0.05, 0) is 85.1 Å². The van der Waals surface area contributed by atoms with Crippen molar-refractivity contribution in [3.8, 4) is 11.5 Å². The summed E-state index contributed by atoms with van der Waals surface area (Å²) in [6.07, 6.45) is 5.74. The molecule has 1 aromatic carbocycles. The summed E-state index contributed by atoms with van der Waals surface area (Å²) < 4.78 is 12.3. The molecule has 2 heterocycles. The molecule has 0 spiro atoms. The molecule has 7 nitrogen and oxygen atoms in total. The molecule has 1 aromatic rings. The number of carbonyl (C=O) groups excluding carboxylic acids is 3. The summed E-state index contributed by atoms with van der Waals surface area (Å²) in [5.74, 6) is 0.527. The minimum atomic E-state index is -0.445. The molecule has 3 rings (SSSR count). The van der Waals surface area contributed by atoms with E-state index in [1.54, 1.807) is 17.0 Å². The number of thioether (sulfide) groups is 1. The van der Waals surface area contributed by atoms with Crippen molar-refractivity contribution in [2.24, 2.45) is 0 Å². The average molecular weight is 525 g/mol. The Kier molecular flexibility index (Phi) is 8.64. The maximum atomic E-state index is 12.9. The molecule has 0 unspecified atom stereocenters. The van der Waals surface area contributed by atoms with E-state index in [0.717, 1.165) is 42.3 Å². The van der Waals surface area contributed by atoms with Crippen LogP contribution in [0.15, 0.2) is 21.5 Å². The third-order valence-electron chi connectivity index (χ3n) is 5.11. The van der Waals surface area contributed by atoms with Crippen molar-refractivity contribution in [2.75, 3.05) is 26.2 Å². The zero-order valence-electron chi connectivity index (χ0n) is 18.7. The van der Waals surface area contributed by atoms with E-state index in [1.807, 2.05) is 26.8 Å². The van der Waals surface area contributed by atoms with Crippen molar-refractivity contribution >= 4 is 50.8 Å². The summed E-state index contributed by atoms with van der Waals surface area (Å²) in [5.41, 5.74) is 0.695. The van der Waals surface area contributed by atoms with Crippen molar-refractivity contribution in [1.82, 2.24) is 9.80 Å². The Balaban J connectivity index is 1.78.